The SMILES string of the molecule is [N-]=[N+]=NCCC(O)C(O)c1ccc(F)c(/C=C/C(=O)O)c1. The zero-order valence-electron chi connectivity index (χ0n) is 10.9. The molecule has 2 atom stereocenters. The highest BCUT2D eigenvalue weighted by Crippen LogP contribution is 2.22. The third-order valence-electron chi connectivity index (χ3n) is 2.72. The number of carboxylic acids is 1. The lowest BCUT2D eigenvalue weighted by atomic mass is 9.99. The molecule has 0 fully saturated rings. The third-order valence-corrected chi connectivity index (χ3v) is 2.72. The maximum atomic E-state index is 13.5. The van der Waals surface area contributed by atoms with Crippen LogP contribution in [0.4, 0.5) is 4.39 Å². The van der Waals surface area contributed by atoms with Crippen molar-refractivity contribution >= 4 is 12.0 Å². The van der Waals surface area contributed by atoms with Crippen LogP contribution in [0.2, 0.25) is 0 Å². The minimum absolute atomic E-state index is 0.0156. The molecule has 112 valence electrons. The van der Waals surface area contributed by atoms with Crippen LogP contribution in [0.15, 0.2) is 29.4 Å². The van der Waals surface area contributed by atoms with Crippen LogP contribution in [-0.2, 0) is 4.79 Å². The molecule has 7 nitrogen and oxygen atoms in total. The highest BCUT2D eigenvalue weighted by atomic mass is 19.1. The molecule has 2 unspecified atom stereocenters. The topological polar surface area (TPSA) is 127 Å². The summed E-state index contributed by atoms with van der Waals surface area (Å²) in [5.74, 6) is -1.87. The van der Waals surface area contributed by atoms with Crippen molar-refractivity contribution in [1.29, 1.82) is 0 Å². The van der Waals surface area contributed by atoms with E-state index in [1.807, 2.05) is 0 Å². The van der Waals surface area contributed by atoms with Gasteiger partial charge in [0.15, 0.2) is 0 Å². The van der Waals surface area contributed by atoms with E-state index in [1.165, 1.54) is 12.1 Å². The molecule has 0 heterocycles. The van der Waals surface area contributed by atoms with Crippen LogP contribution in [0.25, 0.3) is 16.5 Å². The van der Waals surface area contributed by atoms with E-state index in [4.69, 9.17) is 10.6 Å². The number of carbonyl (C=O) groups is 1. The van der Waals surface area contributed by atoms with Crippen molar-refractivity contribution in [2.75, 3.05) is 6.54 Å². The molecule has 1 rings (SSSR count). The van der Waals surface area contributed by atoms with Crippen molar-refractivity contribution in [2.45, 2.75) is 18.6 Å². The molecule has 0 aromatic heterocycles. The van der Waals surface area contributed by atoms with E-state index in [-0.39, 0.29) is 24.1 Å². The first-order valence-corrected chi connectivity index (χ1v) is 6.03. The smallest absolute Gasteiger partial charge is 0.328 e. The van der Waals surface area contributed by atoms with Crippen molar-refractivity contribution in [3.8, 4) is 0 Å². The van der Waals surface area contributed by atoms with E-state index >= 15 is 0 Å². The Balaban J connectivity index is 2.89. The third kappa shape index (κ3) is 5.23. The normalized spacial score (nSPS) is 13.7. The number of halogens is 1. The zero-order valence-corrected chi connectivity index (χ0v) is 10.9. The second-order valence-corrected chi connectivity index (χ2v) is 4.21. The van der Waals surface area contributed by atoms with Crippen LogP contribution in [0.5, 0.6) is 0 Å². The first-order valence-electron chi connectivity index (χ1n) is 6.03. The second kappa shape index (κ2) is 8.01. The molecule has 0 radical (unpaired) electrons. The highest BCUT2D eigenvalue weighted by molar-refractivity contribution is 5.85. The molecule has 21 heavy (non-hydrogen) atoms. The molecule has 0 bridgehead atoms. The summed E-state index contributed by atoms with van der Waals surface area (Å²) in [6.45, 7) is 0.0156. The Morgan fingerprint density at radius 3 is 2.81 bits per heavy atom. The number of aliphatic hydroxyl groups is 2. The van der Waals surface area contributed by atoms with Gasteiger partial charge in [-0.05, 0) is 35.7 Å². The maximum Gasteiger partial charge on any atom is 0.328 e. The van der Waals surface area contributed by atoms with Crippen molar-refractivity contribution in [3.63, 3.8) is 0 Å². The molecule has 8 heteroatoms. The van der Waals surface area contributed by atoms with Gasteiger partial charge in [-0.1, -0.05) is 11.2 Å². The van der Waals surface area contributed by atoms with Gasteiger partial charge in [-0.25, -0.2) is 9.18 Å². The lowest BCUT2D eigenvalue weighted by Crippen LogP contribution is -2.19. The number of azide groups is 1. The van der Waals surface area contributed by atoms with E-state index in [1.54, 1.807) is 0 Å². The van der Waals surface area contributed by atoms with Crippen LogP contribution in [-0.4, -0.2) is 33.9 Å². The average molecular weight is 295 g/mol. The van der Waals surface area contributed by atoms with Gasteiger partial charge in [0.05, 0.1) is 6.10 Å². The summed E-state index contributed by atoms with van der Waals surface area (Å²) < 4.78 is 13.5. The van der Waals surface area contributed by atoms with Crippen LogP contribution >= 0.6 is 0 Å². The van der Waals surface area contributed by atoms with Crippen LogP contribution in [0, 0.1) is 5.82 Å². The van der Waals surface area contributed by atoms with Crippen LogP contribution in [0.1, 0.15) is 23.7 Å². The lowest BCUT2D eigenvalue weighted by molar-refractivity contribution is -0.131. The van der Waals surface area contributed by atoms with Crippen molar-refractivity contribution < 1.29 is 24.5 Å². The number of nitrogens with zero attached hydrogens (tertiary/aromatic N) is 3. The molecule has 0 spiro atoms. The summed E-state index contributed by atoms with van der Waals surface area (Å²) in [6.07, 6.45) is -0.607. The van der Waals surface area contributed by atoms with Gasteiger partial charge in [-0.15, -0.1) is 0 Å². The summed E-state index contributed by atoms with van der Waals surface area (Å²) in [5.41, 5.74) is 8.34. The number of aliphatic hydroxyl groups excluding tert-OH is 2. The number of rotatable bonds is 7. The lowest BCUT2D eigenvalue weighted by Gasteiger charge is -2.18. The molecule has 0 aliphatic heterocycles. The molecule has 1 aromatic rings. The largest absolute Gasteiger partial charge is 0.478 e. The fraction of sp³-hybridized carbons (Fsp3) is 0.308. The van der Waals surface area contributed by atoms with Gasteiger partial charge < -0.3 is 15.3 Å². The Morgan fingerprint density at radius 2 is 2.19 bits per heavy atom. The summed E-state index contributed by atoms with van der Waals surface area (Å²) >= 11 is 0. The van der Waals surface area contributed by atoms with E-state index in [0.29, 0.717) is 0 Å². The molecule has 3 N–H and O–H groups in total. The minimum atomic E-state index is -1.29. The Hall–Kier alpha value is -2.41. The summed E-state index contributed by atoms with van der Waals surface area (Å²) in [7, 11) is 0. The highest BCUT2D eigenvalue weighted by Gasteiger charge is 2.18. The Bertz CT molecular complexity index is 585. The van der Waals surface area contributed by atoms with Crippen molar-refractivity contribution in [2.24, 2.45) is 5.11 Å². The molecule has 0 aliphatic carbocycles. The molecule has 0 saturated carbocycles. The zero-order chi connectivity index (χ0) is 15.8. The van der Waals surface area contributed by atoms with Gasteiger partial charge in [0, 0.05) is 23.1 Å². The van der Waals surface area contributed by atoms with Gasteiger partial charge in [0.25, 0.3) is 0 Å². The second-order valence-electron chi connectivity index (χ2n) is 4.21. The van der Waals surface area contributed by atoms with Gasteiger partial charge in [-0.3, -0.25) is 0 Å². The van der Waals surface area contributed by atoms with E-state index in [0.717, 1.165) is 18.2 Å². The van der Waals surface area contributed by atoms with Gasteiger partial charge in [-0.2, -0.15) is 0 Å². The molecule has 0 saturated heterocycles. The van der Waals surface area contributed by atoms with Gasteiger partial charge >= 0.3 is 5.97 Å². The summed E-state index contributed by atoms with van der Waals surface area (Å²) in [4.78, 5) is 12.9. The van der Waals surface area contributed by atoms with Crippen LogP contribution in [0.3, 0.4) is 0 Å². The Morgan fingerprint density at radius 1 is 1.48 bits per heavy atom. The summed E-state index contributed by atoms with van der Waals surface area (Å²) in [6, 6.07) is 3.60. The number of carboxylic acid groups (broad SMARTS) is 1. The minimum Gasteiger partial charge on any atom is -0.478 e. The standard InChI is InChI=1S/C13H14FN3O4/c14-10-3-1-9(7-8(10)2-4-12(19)20)13(21)11(18)5-6-16-17-15/h1-4,7,11,13,18,21H,5-6H2,(H,19,20)/b4-2+. The van der Waals surface area contributed by atoms with Gasteiger partial charge in [0.1, 0.15) is 11.9 Å². The predicted octanol–water partition coefficient (Wildman–Crippen LogP) is 2.02. The fourth-order valence-electron chi connectivity index (χ4n) is 1.65. The average Bonchev–Trinajstić information content (AvgIpc) is 2.45. The molecule has 1 aromatic carbocycles. The molecule has 0 amide bonds. The fourth-order valence-corrected chi connectivity index (χ4v) is 1.65. The molecular formula is C13H14FN3O4. The monoisotopic (exact) mass is 295 g/mol. The maximum absolute atomic E-state index is 13.5. The Labute approximate surface area is 119 Å². The van der Waals surface area contributed by atoms with Gasteiger partial charge in [0.2, 0.25) is 0 Å². The predicted molar refractivity (Wildman–Crippen MR) is 72.7 cm³/mol. The van der Waals surface area contributed by atoms with E-state index in [2.05, 4.69) is 10.0 Å². The Kier molecular flexibility index (Phi) is 6.35. The van der Waals surface area contributed by atoms with Crippen molar-refractivity contribution in [3.05, 3.63) is 51.7 Å². The molecule has 0 aliphatic rings. The quantitative estimate of drug-likeness (QED) is 0.308. The van der Waals surface area contributed by atoms with E-state index < -0.39 is 24.0 Å². The van der Waals surface area contributed by atoms with E-state index in [9.17, 15) is 19.4 Å². The summed E-state index contributed by atoms with van der Waals surface area (Å²) in [5, 5.41) is 31.4. The number of benzene rings is 1. The number of hydrogen-bond acceptors (Lipinski definition) is 4. The number of hydrogen-bond donors (Lipinski definition) is 3. The van der Waals surface area contributed by atoms with Crippen molar-refractivity contribution in [1.82, 2.24) is 0 Å². The van der Waals surface area contributed by atoms with Crippen LogP contribution < -0.4 is 0 Å². The first-order chi connectivity index (χ1) is 9.95. The number of aliphatic carboxylic acids is 1. The molecular weight excluding hydrogens is 281 g/mol. The first kappa shape index (κ1) is 16.6.